The van der Waals surface area contributed by atoms with E-state index in [1.807, 2.05) is 11.3 Å². The first-order valence-electron chi connectivity index (χ1n) is 6.57. The van der Waals surface area contributed by atoms with E-state index in [4.69, 9.17) is 10.5 Å². The third kappa shape index (κ3) is 4.35. The summed E-state index contributed by atoms with van der Waals surface area (Å²) in [5.74, 6) is 0.447. The van der Waals surface area contributed by atoms with Gasteiger partial charge in [-0.15, -0.1) is 11.3 Å². The van der Waals surface area contributed by atoms with E-state index in [1.165, 1.54) is 4.88 Å². The Morgan fingerprint density at radius 1 is 1.39 bits per heavy atom. The maximum Gasteiger partial charge on any atom is 0.0503 e. The number of hydrogen-bond donors (Lipinski definition) is 1. The van der Waals surface area contributed by atoms with Gasteiger partial charge in [0.05, 0.1) is 6.61 Å². The minimum atomic E-state index is 0.368. The van der Waals surface area contributed by atoms with Crippen molar-refractivity contribution < 1.29 is 4.74 Å². The molecule has 0 fully saturated rings. The molecule has 0 aliphatic rings. The average molecular weight is 270 g/mol. The van der Waals surface area contributed by atoms with Crippen LogP contribution in [0.15, 0.2) is 17.5 Å². The van der Waals surface area contributed by atoms with Gasteiger partial charge < -0.3 is 10.5 Å². The van der Waals surface area contributed by atoms with Crippen molar-refractivity contribution in [3.05, 3.63) is 22.4 Å². The maximum atomic E-state index is 5.98. The highest BCUT2D eigenvalue weighted by Crippen LogP contribution is 2.20. The van der Waals surface area contributed by atoms with Crippen molar-refractivity contribution in [1.82, 2.24) is 4.90 Å². The largest absolute Gasteiger partial charge is 0.384 e. The minimum Gasteiger partial charge on any atom is -0.384 e. The van der Waals surface area contributed by atoms with E-state index in [1.54, 1.807) is 7.11 Å². The van der Waals surface area contributed by atoms with Gasteiger partial charge in [0.25, 0.3) is 0 Å². The number of nitrogens with two attached hydrogens (primary N) is 1. The van der Waals surface area contributed by atoms with Gasteiger partial charge in [-0.25, -0.2) is 0 Å². The summed E-state index contributed by atoms with van der Waals surface area (Å²) in [6, 6.07) is 5.15. The Kier molecular flexibility index (Phi) is 6.86. The van der Waals surface area contributed by atoms with E-state index < -0.39 is 0 Å². The van der Waals surface area contributed by atoms with Gasteiger partial charge in [0, 0.05) is 37.2 Å². The Hall–Kier alpha value is -0.420. The molecular formula is C14H26N2OS. The normalized spacial score (nSPS) is 15.3. The highest BCUT2D eigenvalue weighted by Gasteiger charge is 2.25. The summed E-state index contributed by atoms with van der Waals surface area (Å²) in [6.45, 7) is 9.09. The number of rotatable bonds is 8. The number of nitrogens with zero attached hydrogens (tertiary/aromatic N) is 1. The van der Waals surface area contributed by atoms with Crippen LogP contribution in [0.5, 0.6) is 0 Å². The van der Waals surface area contributed by atoms with Gasteiger partial charge in [0.15, 0.2) is 0 Å². The Labute approximate surface area is 115 Å². The van der Waals surface area contributed by atoms with Crippen LogP contribution in [-0.4, -0.2) is 37.2 Å². The molecule has 0 spiro atoms. The van der Waals surface area contributed by atoms with Gasteiger partial charge in [-0.3, -0.25) is 4.90 Å². The molecule has 104 valence electrons. The fourth-order valence-electron chi connectivity index (χ4n) is 2.33. The van der Waals surface area contributed by atoms with Crippen LogP contribution in [0.25, 0.3) is 0 Å². The molecule has 18 heavy (non-hydrogen) atoms. The van der Waals surface area contributed by atoms with Crippen LogP contribution < -0.4 is 5.73 Å². The second-order valence-corrected chi connectivity index (χ2v) is 6.11. The third-order valence-electron chi connectivity index (χ3n) is 3.34. The topological polar surface area (TPSA) is 38.5 Å². The van der Waals surface area contributed by atoms with E-state index in [2.05, 4.69) is 43.2 Å². The summed E-state index contributed by atoms with van der Waals surface area (Å²) in [4.78, 5) is 3.88. The molecule has 2 unspecified atom stereocenters. The molecule has 0 amide bonds. The van der Waals surface area contributed by atoms with E-state index >= 15 is 0 Å². The number of methoxy groups -OCH3 is 1. The molecule has 0 saturated carbocycles. The van der Waals surface area contributed by atoms with Gasteiger partial charge in [-0.1, -0.05) is 13.0 Å². The Balaban J connectivity index is 2.74. The first kappa shape index (κ1) is 15.6. The van der Waals surface area contributed by atoms with Crippen molar-refractivity contribution in [2.75, 3.05) is 20.3 Å². The van der Waals surface area contributed by atoms with Crippen LogP contribution in [0.1, 0.15) is 25.6 Å². The highest BCUT2D eigenvalue weighted by molar-refractivity contribution is 7.09. The predicted molar refractivity (Wildman–Crippen MR) is 78.9 cm³/mol. The smallest absolute Gasteiger partial charge is 0.0503 e. The fourth-order valence-corrected chi connectivity index (χ4v) is 3.05. The molecule has 1 heterocycles. The van der Waals surface area contributed by atoms with Crippen molar-refractivity contribution in [2.24, 2.45) is 11.7 Å². The Morgan fingerprint density at radius 3 is 2.56 bits per heavy atom. The standard InChI is InChI=1S/C14H26N2OS/c1-11(2)16(9-13-6-5-7-18-13)14(8-15)12(3)10-17-4/h5-7,11-12,14H,8-10,15H2,1-4H3. The summed E-state index contributed by atoms with van der Waals surface area (Å²) in [6.07, 6.45) is 0. The predicted octanol–water partition coefficient (Wildman–Crippen LogP) is 2.57. The zero-order chi connectivity index (χ0) is 13.5. The van der Waals surface area contributed by atoms with E-state index in [-0.39, 0.29) is 0 Å². The monoisotopic (exact) mass is 270 g/mol. The van der Waals surface area contributed by atoms with Crippen LogP contribution in [0.4, 0.5) is 0 Å². The first-order valence-corrected chi connectivity index (χ1v) is 7.45. The lowest BCUT2D eigenvalue weighted by atomic mass is 9.99. The van der Waals surface area contributed by atoms with Crippen molar-refractivity contribution in [1.29, 1.82) is 0 Å². The molecule has 0 aromatic carbocycles. The van der Waals surface area contributed by atoms with Gasteiger partial charge >= 0.3 is 0 Å². The second-order valence-electron chi connectivity index (χ2n) is 5.08. The molecule has 4 heteroatoms. The first-order chi connectivity index (χ1) is 8.60. The molecule has 0 saturated heterocycles. The molecule has 0 aliphatic heterocycles. The number of ether oxygens (including phenoxy) is 1. The second kappa shape index (κ2) is 7.89. The van der Waals surface area contributed by atoms with E-state index in [0.29, 0.717) is 24.5 Å². The molecule has 1 aromatic heterocycles. The average Bonchev–Trinajstić information content (AvgIpc) is 2.81. The number of hydrogen-bond acceptors (Lipinski definition) is 4. The van der Waals surface area contributed by atoms with E-state index in [0.717, 1.165) is 13.2 Å². The van der Waals surface area contributed by atoms with Crippen molar-refractivity contribution in [3.63, 3.8) is 0 Å². The van der Waals surface area contributed by atoms with Gasteiger partial charge in [0.2, 0.25) is 0 Å². The SMILES string of the molecule is COCC(C)C(CN)N(Cc1cccs1)C(C)C. The van der Waals surface area contributed by atoms with Crippen LogP contribution in [0.2, 0.25) is 0 Å². The van der Waals surface area contributed by atoms with Crippen LogP contribution in [-0.2, 0) is 11.3 Å². The van der Waals surface area contributed by atoms with Crippen molar-refractivity contribution in [2.45, 2.75) is 39.4 Å². The third-order valence-corrected chi connectivity index (χ3v) is 4.20. The van der Waals surface area contributed by atoms with E-state index in [9.17, 15) is 0 Å². The number of thiophene rings is 1. The molecule has 1 aromatic rings. The zero-order valence-corrected chi connectivity index (χ0v) is 12.7. The minimum absolute atomic E-state index is 0.368. The molecule has 3 nitrogen and oxygen atoms in total. The Morgan fingerprint density at radius 2 is 2.11 bits per heavy atom. The summed E-state index contributed by atoms with van der Waals surface area (Å²) in [5.41, 5.74) is 5.98. The van der Waals surface area contributed by atoms with Crippen LogP contribution in [0, 0.1) is 5.92 Å². The molecule has 1 rings (SSSR count). The zero-order valence-electron chi connectivity index (χ0n) is 11.9. The van der Waals surface area contributed by atoms with Crippen molar-refractivity contribution in [3.8, 4) is 0 Å². The molecule has 0 radical (unpaired) electrons. The summed E-state index contributed by atoms with van der Waals surface area (Å²) < 4.78 is 5.27. The fraction of sp³-hybridized carbons (Fsp3) is 0.714. The van der Waals surface area contributed by atoms with Gasteiger partial charge in [-0.2, -0.15) is 0 Å². The molecule has 0 aliphatic carbocycles. The maximum absolute atomic E-state index is 5.98. The van der Waals surface area contributed by atoms with Gasteiger partial charge in [-0.05, 0) is 31.2 Å². The lowest BCUT2D eigenvalue weighted by Gasteiger charge is -2.37. The highest BCUT2D eigenvalue weighted by atomic mass is 32.1. The molecule has 2 N–H and O–H groups in total. The molecule has 0 bridgehead atoms. The summed E-state index contributed by atoms with van der Waals surface area (Å²) in [5, 5.41) is 2.13. The van der Waals surface area contributed by atoms with Crippen molar-refractivity contribution >= 4 is 11.3 Å². The Bertz CT molecular complexity index is 314. The van der Waals surface area contributed by atoms with Crippen LogP contribution in [0.3, 0.4) is 0 Å². The van der Waals surface area contributed by atoms with Crippen LogP contribution >= 0.6 is 11.3 Å². The summed E-state index contributed by atoms with van der Waals surface area (Å²) in [7, 11) is 1.75. The lowest BCUT2D eigenvalue weighted by Crippen LogP contribution is -2.48. The molecule has 2 atom stereocenters. The molecular weight excluding hydrogens is 244 g/mol. The quantitative estimate of drug-likeness (QED) is 0.789. The summed E-state index contributed by atoms with van der Waals surface area (Å²) >= 11 is 1.81. The van der Waals surface area contributed by atoms with Gasteiger partial charge in [0.1, 0.15) is 0 Å². The lowest BCUT2D eigenvalue weighted by molar-refractivity contribution is 0.0626.